The molecule has 1 N–H and O–H groups in total. The van der Waals surface area contributed by atoms with Gasteiger partial charge in [-0.15, -0.1) is 0 Å². The Hall–Kier alpha value is -3.48. The Labute approximate surface area is 154 Å². The first-order chi connectivity index (χ1) is 12.9. The minimum absolute atomic E-state index is 0.294. The number of ether oxygens (including phenoxy) is 1. The molecule has 0 aliphatic carbocycles. The van der Waals surface area contributed by atoms with Crippen molar-refractivity contribution in [2.75, 3.05) is 10.2 Å². The number of benzene rings is 2. The van der Waals surface area contributed by atoms with Gasteiger partial charge in [-0.25, -0.2) is 0 Å². The number of hydrogen-bond donors (Lipinski definition) is 1. The van der Waals surface area contributed by atoms with Crippen LogP contribution in [0.3, 0.4) is 0 Å². The number of Topliss-reactive ketones (excluding diaryl/α,β-unsaturated/α-hetero) is 2. The van der Waals surface area contributed by atoms with E-state index in [1.807, 2.05) is 0 Å². The van der Waals surface area contributed by atoms with Gasteiger partial charge in [0.2, 0.25) is 0 Å². The lowest BCUT2D eigenvalue weighted by molar-refractivity contribution is -0.122. The van der Waals surface area contributed by atoms with Gasteiger partial charge in [-0.05, 0) is 44.2 Å². The summed E-state index contributed by atoms with van der Waals surface area (Å²) < 4.78 is 5.48. The van der Waals surface area contributed by atoms with Gasteiger partial charge in [-0.3, -0.25) is 24.1 Å². The molecule has 0 saturated heterocycles. The Morgan fingerprint density at radius 1 is 1.15 bits per heavy atom. The van der Waals surface area contributed by atoms with E-state index < -0.39 is 23.8 Å². The molecule has 0 aromatic heterocycles. The van der Waals surface area contributed by atoms with Crippen molar-refractivity contribution >= 4 is 34.8 Å². The lowest BCUT2D eigenvalue weighted by Gasteiger charge is -2.25. The molecule has 2 aliphatic rings. The molecule has 7 heteroatoms. The summed E-state index contributed by atoms with van der Waals surface area (Å²) in [5.41, 5.74) is 1.43. The fourth-order valence-corrected chi connectivity index (χ4v) is 3.31. The lowest BCUT2D eigenvalue weighted by atomic mass is 10.0. The number of para-hydroxylation sites is 1. The minimum Gasteiger partial charge on any atom is -0.479 e. The average molecular weight is 364 g/mol. The monoisotopic (exact) mass is 364 g/mol. The van der Waals surface area contributed by atoms with Crippen molar-refractivity contribution in [2.24, 2.45) is 0 Å². The van der Waals surface area contributed by atoms with Crippen LogP contribution in [0.4, 0.5) is 11.4 Å². The molecule has 7 nitrogen and oxygen atoms in total. The van der Waals surface area contributed by atoms with Gasteiger partial charge in [-0.2, -0.15) is 0 Å². The van der Waals surface area contributed by atoms with Crippen molar-refractivity contribution in [1.29, 1.82) is 0 Å². The fourth-order valence-electron chi connectivity index (χ4n) is 3.31. The first-order valence-corrected chi connectivity index (χ1v) is 8.51. The van der Waals surface area contributed by atoms with Gasteiger partial charge in [0.05, 0.1) is 23.0 Å². The molecule has 2 aliphatic heterocycles. The molecule has 2 heterocycles. The van der Waals surface area contributed by atoms with Crippen LogP contribution in [0.25, 0.3) is 0 Å². The minimum atomic E-state index is -0.873. The van der Waals surface area contributed by atoms with Gasteiger partial charge in [0, 0.05) is 5.56 Å². The summed E-state index contributed by atoms with van der Waals surface area (Å²) in [6, 6.07) is 10.4. The smallest absolute Gasteiger partial charge is 0.300 e. The second kappa shape index (κ2) is 6.05. The largest absolute Gasteiger partial charge is 0.479 e. The van der Waals surface area contributed by atoms with Crippen molar-refractivity contribution in [1.82, 2.24) is 0 Å². The molecule has 0 radical (unpaired) electrons. The summed E-state index contributed by atoms with van der Waals surface area (Å²) >= 11 is 0. The zero-order chi connectivity index (χ0) is 19.3. The molecule has 2 atom stereocenters. The second-order valence-electron chi connectivity index (χ2n) is 6.52. The summed E-state index contributed by atoms with van der Waals surface area (Å²) in [6.07, 6.45) is -0.609. The quantitative estimate of drug-likeness (QED) is 0.666. The highest BCUT2D eigenvalue weighted by Crippen LogP contribution is 2.33. The van der Waals surface area contributed by atoms with E-state index in [1.54, 1.807) is 50.2 Å². The van der Waals surface area contributed by atoms with E-state index in [-0.39, 0.29) is 11.7 Å². The van der Waals surface area contributed by atoms with Crippen molar-refractivity contribution in [2.45, 2.75) is 26.0 Å². The third-order valence-corrected chi connectivity index (χ3v) is 4.78. The van der Waals surface area contributed by atoms with E-state index in [2.05, 4.69) is 5.32 Å². The van der Waals surface area contributed by atoms with Crippen LogP contribution in [0.5, 0.6) is 5.75 Å². The third-order valence-electron chi connectivity index (χ3n) is 4.78. The number of amides is 2. The zero-order valence-corrected chi connectivity index (χ0v) is 14.7. The maximum absolute atomic E-state index is 13.0. The van der Waals surface area contributed by atoms with E-state index in [9.17, 15) is 19.2 Å². The predicted octanol–water partition coefficient (Wildman–Crippen LogP) is 2.21. The van der Waals surface area contributed by atoms with E-state index in [0.29, 0.717) is 28.3 Å². The number of anilines is 2. The summed E-state index contributed by atoms with van der Waals surface area (Å²) in [4.78, 5) is 50.5. The van der Waals surface area contributed by atoms with E-state index >= 15 is 0 Å². The maximum atomic E-state index is 13.0. The van der Waals surface area contributed by atoms with Crippen LogP contribution in [0.2, 0.25) is 0 Å². The molecule has 4 rings (SSSR count). The third kappa shape index (κ3) is 2.59. The standard InChI is InChI=1S/C20H16N2O5/c1-10(22-15-6-4-3-5-13(15)18(24)20(22)26)17(23)12-7-8-16-14(9-12)21-19(25)11(2)27-16/h3-11H,1-2H3,(H,21,25). The molecule has 0 saturated carbocycles. The number of nitrogens with one attached hydrogen (secondary N) is 1. The van der Waals surface area contributed by atoms with Crippen LogP contribution in [0, 0.1) is 0 Å². The Morgan fingerprint density at radius 2 is 1.89 bits per heavy atom. The van der Waals surface area contributed by atoms with Gasteiger partial charge >= 0.3 is 0 Å². The Bertz CT molecular complexity index is 1010. The molecule has 136 valence electrons. The van der Waals surface area contributed by atoms with E-state index in [1.165, 1.54) is 11.0 Å². The Morgan fingerprint density at radius 3 is 2.67 bits per heavy atom. The molecule has 0 spiro atoms. The van der Waals surface area contributed by atoms with Crippen LogP contribution < -0.4 is 15.0 Å². The Kier molecular flexibility index (Phi) is 3.80. The topological polar surface area (TPSA) is 92.8 Å². The van der Waals surface area contributed by atoms with Crippen LogP contribution in [0.15, 0.2) is 42.5 Å². The molecular formula is C20H16N2O5. The van der Waals surface area contributed by atoms with Gasteiger partial charge < -0.3 is 10.1 Å². The first-order valence-electron chi connectivity index (χ1n) is 8.51. The highest BCUT2D eigenvalue weighted by molar-refractivity contribution is 6.53. The van der Waals surface area contributed by atoms with Crippen molar-refractivity contribution in [3.63, 3.8) is 0 Å². The SMILES string of the molecule is CC1Oc2ccc(C(=O)C(C)N3C(=O)C(=O)c4ccccc43)cc2NC1=O. The summed E-state index contributed by atoms with van der Waals surface area (Å²) in [5.74, 6) is -1.51. The highest BCUT2D eigenvalue weighted by Gasteiger charge is 2.40. The predicted molar refractivity (Wildman–Crippen MR) is 97.2 cm³/mol. The second-order valence-corrected chi connectivity index (χ2v) is 6.52. The lowest BCUT2D eigenvalue weighted by Crippen LogP contribution is -2.42. The summed E-state index contributed by atoms with van der Waals surface area (Å²) in [7, 11) is 0. The van der Waals surface area contributed by atoms with Crippen LogP contribution in [-0.4, -0.2) is 35.5 Å². The normalized spacial score (nSPS) is 19.1. The van der Waals surface area contributed by atoms with Gasteiger partial charge in [0.15, 0.2) is 11.9 Å². The molecule has 0 bridgehead atoms. The number of carbonyl (C=O) groups is 4. The first kappa shape index (κ1) is 17.0. The molecule has 27 heavy (non-hydrogen) atoms. The number of nitrogens with zero attached hydrogens (tertiary/aromatic N) is 1. The molecule has 2 amide bonds. The molecule has 2 aromatic rings. The van der Waals surface area contributed by atoms with Crippen LogP contribution in [-0.2, 0) is 9.59 Å². The van der Waals surface area contributed by atoms with Crippen LogP contribution in [0.1, 0.15) is 34.6 Å². The number of fused-ring (bicyclic) bond motifs is 2. The highest BCUT2D eigenvalue weighted by atomic mass is 16.5. The van der Waals surface area contributed by atoms with Gasteiger partial charge in [-0.1, -0.05) is 12.1 Å². The van der Waals surface area contributed by atoms with Crippen molar-refractivity contribution < 1.29 is 23.9 Å². The van der Waals surface area contributed by atoms with E-state index in [4.69, 9.17) is 4.74 Å². The zero-order valence-electron chi connectivity index (χ0n) is 14.7. The van der Waals surface area contributed by atoms with Crippen molar-refractivity contribution in [3.8, 4) is 5.75 Å². The number of ketones is 2. The molecular weight excluding hydrogens is 348 g/mol. The Balaban J connectivity index is 1.66. The number of rotatable bonds is 3. The average Bonchev–Trinajstić information content (AvgIpc) is 2.92. The number of hydrogen-bond acceptors (Lipinski definition) is 5. The number of carbonyl (C=O) groups excluding carboxylic acids is 4. The maximum Gasteiger partial charge on any atom is 0.300 e. The van der Waals surface area contributed by atoms with E-state index in [0.717, 1.165) is 0 Å². The van der Waals surface area contributed by atoms with Gasteiger partial charge in [0.25, 0.3) is 17.6 Å². The van der Waals surface area contributed by atoms with Gasteiger partial charge in [0.1, 0.15) is 5.75 Å². The van der Waals surface area contributed by atoms with Crippen LogP contribution >= 0.6 is 0 Å². The fraction of sp³-hybridized carbons (Fsp3) is 0.200. The molecule has 0 fully saturated rings. The summed E-state index contributed by atoms with van der Waals surface area (Å²) in [5, 5.41) is 2.69. The molecule has 2 aromatic carbocycles. The van der Waals surface area contributed by atoms with Crippen molar-refractivity contribution in [3.05, 3.63) is 53.6 Å². The molecule has 2 unspecified atom stereocenters. The summed E-state index contributed by atoms with van der Waals surface area (Å²) in [6.45, 7) is 3.21.